The van der Waals surface area contributed by atoms with Crippen molar-refractivity contribution >= 4 is 23.4 Å². The van der Waals surface area contributed by atoms with Crippen LogP contribution in [0, 0.1) is 11.3 Å². The van der Waals surface area contributed by atoms with Crippen LogP contribution in [0.25, 0.3) is 11.4 Å². The zero-order valence-corrected chi connectivity index (χ0v) is 14.9. The predicted molar refractivity (Wildman–Crippen MR) is 99.4 cm³/mol. The van der Waals surface area contributed by atoms with Crippen molar-refractivity contribution in [1.29, 1.82) is 5.26 Å². The molecule has 0 radical (unpaired) electrons. The molecule has 0 spiro atoms. The van der Waals surface area contributed by atoms with Gasteiger partial charge in [0.15, 0.2) is 11.0 Å². The standard InChI is InChI=1S/C18H16N6OS/c1-2-24-17(14-4-3-9-20-11-14)22-23-18(24)26-12-16(25)21-15-7-5-13(10-19)6-8-15/h3-9,11H,2,12H2,1H3,(H,21,25). The summed E-state index contributed by atoms with van der Waals surface area (Å²) >= 11 is 1.33. The van der Waals surface area contributed by atoms with Crippen molar-refractivity contribution in [2.24, 2.45) is 0 Å². The maximum absolute atomic E-state index is 12.2. The van der Waals surface area contributed by atoms with Crippen molar-refractivity contribution in [2.45, 2.75) is 18.6 Å². The molecule has 0 bridgehead atoms. The number of hydrogen-bond acceptors (Lipinski definition) is 6. The van der Waals surface area contributed by atoms with Gasteiger partial charge in [0.25, 0.3) is 0 Å². The van der Waals surface area contributed by atoms with Gasteiger partial charge in [-0.25, -0.2) is 0 Å². The fourth-order valence-electron chi connectivity index (χ4n) is 2.34. The van der Waals surface area contributed by atoms with Crippen LogP contribution in [0.5, 0.6) is 0 Å². The molecule has 0 aliphatic rings. The Balaban J connectivity index is 1.65. The number of anilines is 1. The van der Waals surface area contributed by atoms with Crippen LogP contribution in [0.4, 0.5) is 5.69 Å². The molecule has 2 heterocycles. The van der Waals surface area contributed by atoms with E-state index in [0.717, 1.165) is 11.4 Å². The number of thioether (sulfide) groups is 1. The van der Waals surface area contributed by atoms with Crippen LogP contribution in [0.1, 0.15) is 12.5 Å². The average molecular weight is 364 g/mol. The number of nitrogens with one attached hydrogen (secondary N) is 1. The molecular formula is C18H16N6OS. The molecule has 3 rings (SSSR count). The van der Waals surface area contributed by atoms with Gasteiger partial charge in [0, 0.05) is 30.2 Å². The minimum Gasteiger partial charge on any atom is -0.325 e. The number of carbonyl (C=O) groups excluding carboxylic acids is 1. The van der Waals surface area contributed by atoms with Gasteiger partial charge in [0.05, 0.1) is 17.4 Å². The first-order valence-corrected chi connectivity index (χ1v) is 8.96. The van der Waals surface area contributed by atoms with E-state index in [-0.39, 0.29) is 11.7 Å². The van der Waals surface area contributed by atoms with Gasteiger partial charge in [-0.1, -0.05) is 11.8 Å². The zero-order valence-electron chi connectivity index (χ0n) is 14.1. The number of carbonyl (C=O) groups is 1. The molecule has 1 amide bonds. The molecule has 0 fully saturated rings. The highest BCUT2D eigenvalue weighted by Crippen LogP contribution is 2.23. The van der Waals surface area contributed by atoms with Crippen LogP contribution in [0.3, 0.4) is 0 Å². The number of nitrogens with zero attached hydrogens (tertiary/aromatic N) is 5. The van der Waals surface area contributed by atoms with Crippen molar-refractivity contribution < 1.29 is 4.79 Å². The predicted octanol–water partition coefficient (Wildman–Crippen LogP) is 2.96. The first-order chi connectivity index (χ1) is 12.7. The summed E-state index contributed by atoms with van der Waals surface area (Å²) in [5, 5.41) is 20.7. The minimum absolute atomic E-state index is 0.145. The third-order valence-electron chi connectivity index (χ3n) is 3.58. The Labute approximate surface area is 155 Å². The van der Waals surface area contributed by atoms with Crippen LogP contribution in [0.15, 0.2) is 53.9 Å². The fraction of sp³-hybridized carbons (Fsp3) is 0.167. The summed E-state index contributed by atoms with van der Waals surface area (Å²) in [7, 11) is 0. The largest absolute Gasteiger partial charge is 0.325 e. The SMILES string of the molecule is CCn1c(SCC(=O)Nc2ccc(C#N)cc2)nnc1-c1cccnc1. The second-order valence-electron chi connectivity index (χ2n) is 5.32. The maximum Gasteiger partial charge on any atom is 0.234 e. The van der Waals surface area contributed by atoms with E-state index in [9.17, 15) is 4.79 Å². The summed E-state index contributed by atoms with van der Waals surface area (Å²) in [6.45, 7) is 2.70. The lowest BCUT2D eigenvalue weighted by Gasteiger charge is -2.07. The lowest BCUT2D eigenvalue weighted by atomic mass is 10.2. The molecule has 0 aliphatic heterocycles. The zero-order chi connectivity index (χ0) is 18.4. The van der Waals surface area contributed by atoms with Gasteiger partial charge in [-0.3, -0.25) is 9.78 Å². The number of rotatable bonds is 6. The summed E-state index contributed by atoms with van der Waals surface area (Å²) in [6, 6.07) is 12.6. The highest BCUT2D eigenvalue weighted by atomic mass is 32.2. The van der Waals surface area contributed by atoms with Crippen molar-refractivity contribution in [1.82, 2.24) is 19.7 Å². The third-order valence-corrected chi connectivity index (χ3v) is 4.55. The monoisotopic (exact) mass is 364 g/mol. The first-order valence-electron chi connectivity index (χ1n) is 7.97. The van der Waals surface area contributed by atoms with Crippen LogP contribution >= 0.6 is 11.8 Å². The number of amides is 1. The average Bonchev–Trinajstić information content (AvgIpc) is 3.10. The molecule has 2 aromatic heterocycles. The Morgan fingerprint density at radius 3 is 2.73 bits per heavy atom. The van der Waals surface area contributed by atoms with Crippen molar-refractivity contribution in [3.05, 3.63) is 54.4 Å². The normalized spacial score (nSPS) is 10.3. The summed E-state index contributed by atoms with van der Waals surface area (Å²) < 4.78 is 1.96. The second kappa shape index (κ2) is 8.27. The fourth-order valence-corrected chi connectivity index (χ4v) is 3.15. The van der Waals surface area contributed by atoms with Crippen molar-refractivity contribution in [3.8, 4) is 17.5 Å². The third kappa shape index (κ3) is 4.07. The summed E-state index contributed by atoms with van der Waals surface area (Å²) in [5.41, 5.74) is 2.09. The number of aromatic nitrogens is 4. The van der Waals surface area contributed by atoms with Crippen LogP contribution < -0.4 is 5.32 Å². The molecule has 26 heavy (non-hydrogen) atoms. The summed E-state index contributed by atoms with van der Waals surface area (Å²) in [4.78, 5) is 16.3. The van der Waals surface area contributed by atoms with Gasteiger partial charge >= 0.3 is 0 Å². The molecule has 130 valence electrons. The lowest BCUT2D eigenvalue weighted by molar-refractivity contribution is -0.113. The van der Waals surface area contributed by atoms with E-state index in [2.05, 4.69) is 20.5 Å². The van der Waals surface area contributed by atoms with Gasteiger partial charge in [-0.05, 0) is 43.3 Å². The van der Waals surface area contributed by atoms with Gasteiger partial charge in [-0.15, -0.1) is 10.2 Å². The molecular weight excluding hydrogens is 348 g/mol. The smallest absolute Gasteiger partial charge is 0.234 e. The molecule has 7 nitrogen and oxygen atoms in total. The quantitative estimate of drug-likeness (QED) is 0.676. The van der Waals surface area contributed by atoms with E-state index in [1.54, 1.807) is 36.7 Å². The van der Waals surface area contributed by atoms with Crippen LogP contribution in [0.2, 0.25) is 0 Å². The van der Waals surface area contributed by atoms with Crippen molar-refractivity contribution in [3.63, 3.8) is 0 Å². The Morgan fingerprint density at radius 2 is 2.08 bits per heavy atom. The molecule has 0 unspecified atom stereocenters. The highest BCUT2D eigenvalue weighted by Gasteiger charge is 2.14. The van der Waals surface area contributed by atoms with E-state index >= 15 is 0 Å². The van der Waals surface area contributed by atoms with E-state index in [1.165, 1.54) is 11.8 Å². The Kier molecular flexibility index (Phi) is 5.61. The van der Waals surface area contributed by atoms with E-state index < -0.39 is 0 Å². The molecule has 1 N–H and O–H groups in total. The second-order valence-corrected chi connectivity index (χ2v) is 6.26. The van der Waals surface area contributed by atoms with Crippen LogP contribution in [-0.4, -0.2) is 31.4 Å². The molecule has 1 aromatic carbocycles. The minimum atomic E-state index is -0.145. The summed E-state index contributed by atoms with van der Waals surface area (Å²) in [5.74, 6) is 0.800. The lowest BCUT2D eigenvalue weighted by Crippen LogP contribution is -2.14. The van der Waals surface area contributed by atoms with E-state index in [1.807, 2.05) is 29.7 Å². The Bertz CT molecular complexity index is 931. The number of hydrogen-bond donors (Lipinski definition) is 1. The number of nitriles is 1. The van der Waals surface area contributed by atoms with Gasteiger partial charge in [0.2, 0.25) is 5.91 Å². The molecule has 0 aliphatic carbocycles. The van der Waals surface area contributed by atoms with Crippen LogP contribution in [-0.2, 0) is 11.3 Å². The molecule has 8 heteroatoms. The van der Waals surface area contributed by atoms with Gasteiger partial charge < -0.3 is 9.88 Å². The Morgan fingerprint density at radius 1 is 1.27 bits per heavy atom. The molecule has 0 saturated heterocycles. The first kappa shape index (κ1) is 17.6. The molecule has 0 saturated carbocycles. The topological polar surface area (TPSA) is 96.5 Å². The van der Waals surface area contributed by atoms with E-state index in [0.29, 0.717) is 23.0 Å². The molecule has 3 aromatic rings. The number of pyridine rings is 1. The molecule has 0 atom stereocenters. The summed E-state index contributed by atoms with van der Waals surface area (Å²) in [6.07, 6.45) is 3.45. The van der Waals surface area contributed by atoms with E-state index in [4.69, 9.17) is 5.26 Å². The number of benzene rings is 1. The van der Waals surface area contributed by atoms with Gasteiger partial charge in [-0.2, -0.15) is 5.26 Å². The maximum atomic E-state index is 12.2. The Hall–Kier alpha value is -3.18. The van der Waals surface area contributed by atoms with Gasteiger partial charge in [0.1, 0.15) is 0 Å². The highest BCUT2D eigenvalue weighted by molar-refractivity contribution is 7.99. The van der Waals surface area contributed by atoms with Crippen molar-refractivity contribution in [2.75, 3.05) is 11.1 Å².